The molecule has 1 saturated heterocycles. The lowest BCUT2D eigenvalue weighted by atomic mass is 10.0. The van der Waals surface area contributed by atoms with Crippen LogP contribution in [0, 0.1) is 21.4 Å². The Morgan fingerprint density at radius 2 is 2.24 bits per heavy atom. The Bertz CT molecular complexity index is 820. The number of piperidine rings is 1. The number of hydrogen-bond acceptors (Lipinski definition) is 6. The average Bonchev–Trinajstić information content (AvgIpc) is 2.63. The van der Waals surface area contributed by atoms with Crippen molar-refractivity contribution in [3.8, 4) is 11.9 Å². The summed E-state index contributed by atoms with van der Waals surface area (Å²) in [6.07, 6.45) is 3.21. The van der Waals surface area contributed by atoms with Crippen LogP contribution in [-0.2, 0) is 0 Å². The number of anilines is 1. The van der Waals surface area contributed by atoms with Gasteiger partial charge in [-0.1, -0.05) is 11.6 Å². The molecule has 0 N–H and O–H groups in total. The molecule has 7 nitrogen and oxygen atoms in total. The van der Waals surface area contributed by atoms with Crippen LogP contribution in [0.1, 0.15) is 18.4 Å². The highest BCUT2D eigenvalue weighted by molar-refractivity contribution is 6.30. The molecular formula is C17H15ClN4O3. The molecule has 1 aromatic carbocycles. The molecule has 0 saturated carbocycles. The summed E-state index contributed by atoms with van der Waals surface area (Å²) in [5.74, 6) is 0.500. The van der Waals surface area contributed by atoms with Gasteiger partial charge in [0.05, 0.1) is 27.7 Å². The van der Waals surface area contributed by atoms with Gasteiger partial charge in [0, 0.05) is 30.9 Å². The molecule has 0 bridgehead atoms. The summed E-state index contributed by atoms with van der Waals surface area (Å²) in [6, 6.07) is 9.83. The van der Waals surface area contributed by atoms with E-state index >= 15 is 0 Å². The summed E-state index contributed by atoms with van der Waals surface area (Å²) < 4.78 is 5.89. The smallest absolute Gasteiger partial charge is 0.270 e. The standard InChI is InChI=1S/C17H15ClN4O3/c18-13-3-6-17(20-10-13)25-15-2-1-7-21(11-15)16-5-4-14(22(23)24)8-12(16)9-19/h3-6,8,10,15H,1-2,7,11H2. The van der Waals surface area contributed by atoms with Crippen LogP contribution in [0.3, 0.4) is 0 Å². The van der Waals surface area contributed by atoms with Crippen molar-refractivity contribution in [2.24, 2.45) is 0 Å². The summed E-state index contributed by atoms with van der Waals surface area (Å²) in [7, 11) is 0. The van der Waals surface area contributed by atoms with Gasteiger partial charge in [-0.3, -0.25) is 10.1 Å². The van der Waals surface area contributed by atoms with Gasteiger partial charge in [0.15, 0.2) is 0 Å². The molecule has 25 heavy (non-hydrogen) atoms. The number of benzene rings is 1. The second-order valence-corrected chi connectivity index (χ2v) is 6.15. The highest BCUT2D eigenvalue weighted by Crippen LogP contribution is 2.28. The molecule has 8 heteroatoms. The molecular weight excluding hydrogens is 344 g/mol. The third kappa shape index (κ3) is 3.98. The van der Waals surface area contributed by atoms with E-state index in [1.165, 1.54) is 18.3 Å². The minimum atomic E-state index is -0.501. The van der Waals surface area contributed by atoms with Crippen LogP contribution in [-0.4, -0.2) is 29.1 Å². The fraction of sp³-hybridized carbons (Fsp3) is 0.294. The molecule has 1 fully saturated rings. The number of ether oxygens (including phenoxy) is 1. The van der Waals surface area contributed by atoms with Gasteiger partial charge in [-0.25, -0.2) is 4.98 Å². The fourth-order valence-corrected chi connectivity index (χ4v) is 2.97. The lowest BCUT2D eigenvalue weighted by Crippen LogP contribution is -2.41. The topological polar surface area (TPSA) is 92.3 Å². The molecule has 1 aliphatic rings. The summed E-state index contributed by atoms with van der Waals surface area (Å²) in [5.41, 5.74) is 0.889. The van der Waals surface area contributed by atoms with E-state index in [2.05, 4.69) is 4.98 Å². The highest BCUT2D eigenvalue weighted by atomic mass is 35.5. The molecule has 1 atom stereocenters. The molecule has 0 amide bonds. The predicted octanol–water partition coefficient (Wildman–Crippen LogP) is 3.56. The third-order valence-corrected chi connectivity index (χ3v) is 4.24. The van der Waals surface area contributed by atoms with Crippen LogP contribution in [0.2, 0.25) is 5.02 Å². The van der Waals surface area contributed by atoms with Gasteiger partial charge in [0.2, 0.25) is 5.88 Å². The molecule has 2 aromatic rings. The quantitative estimate of drug-likeness (QED) is 0.612. The monoisotopic (exact) mass is 358 g/mol. The van der Waals surface area contributed by atoms with Crippen LogP contribution in [0.15, 0.2) is 36.5 Å². The van der Waals surface area contributed by atoms with Crippen LogP contribution >= 0.6 is 11.6 Å². The average molecular weight is 359 g/mol. The molecule has 0 spiro atoms. The van der Waals surface area contributed by atoms with Gasteiger partial charge in [-0.05, 0) is 25.0 Å². The van der Waals surface area contributed by atoms with E-state index in [4.69, 9.17) is 16.3 Å². The van der Waals surface area contributed by atoms with E-state index < -0.39 is 4.92 Å². The normalized spacial score (nSPS) is 17.0. The number of nitrogens with zero attached hydrogens (tertiary/aromatic N) is 4. The number of nitro groups is 1. The Labute approximate surface area is 149 Å². The fourth-order valence-electron chi connectivity index (χ4n) is 2.86. The maximum atomic E-state index is 10.9. The van der Waals surface area contributed by atoms with Gasteiger partial charge in [-0.15, -0.1) is 0 Å². The van der Waals surface area contributed by atoms with Gasteiger partial charge < -0.3 is 9.64 Å². The van der Waals surface area contributed by atoms with E-state index in [-0.39, 0.29) is 11.8 Å². The number of pyridine rings is 1. The van der Waals surface area contributed by atoms with Crippen LogP contribution in [0.5, 0.6) is 5.88 Å². The van der Waals surface area contributed by atoms with E-state index in [9.17, 15) is 15.4 Å². The molecule has 1 aromatic heterocycles. The van der Waals surface area contributed by atoms with Crippen molar-refractivity contribution >= 4 is 23.0 Å². The van der Waals surface area contributed by atoms with Crippen molar-refractivity contribution in [3.05, 3.63) is 57.2 Å². The van der Waals surface area contributed by atoms with Crippen molar-refractivity contribution in [3.63, 3.8) is 0 Å². The number of halogens is 1. The van der Waals surface area contributed by atoms with E-state index in [1.807, 2.05) is 11.0 Å². The Balaban J connectivity index is 1.76. The zero-order valence-electron chi connectivity index (χ0n) is 13.3. The third-order valence-electron chi connectivity index (χ3n) is 4.02. The molecule has 0 aliphatic carbocycles. The van der Waals surface area contributed by atoms with Gasteiger partial charge in [0.25, 0.3) is 5.69 Å². The van der Waals surface area contributed by atoms with Crippen molar-refractivity contribution in [2.75, 3.05) is 18.0 Å². The van der Waals surface area contributed by atoms with E-state index in [0.29, 0.717) is 28.7 Å². The maximum Gasteiger partial charge on any atom is 0.270 e. The molecule has 2 heterocycles. The summed E-state index contributed by atoms with van der Waals surface area (Å²) >= 11 is 5.82. The van der Waals surface area contributed by atoms with Crippen LogP contribution < -0.4 is 9.64 Å². The number of hydrogen-bond donors (Lipinski definition) is 0. The van der Waals surface area contributed by atoms with Gasteiger partial charge in [-0.2, -0.15) is 5.26 Å². The number of rotatable bonds is 4. The van der Waals surface area contributed by atoms with Crippen molar-refractivity contribution in [1.29, 1.82) is 5.26 Å². The predicted molar refractivity (Wildman–Crippen MR) is 92.9 cm³/mol. The summed E-state index contributed by atoms with van der Waals surface area (Å²) in [6.45, 7) is 1.34. The number of non-ortho nitro benzene ring substituents is 1. The van der Waals surface area contributed by atoms with Crippen LogP contribution in [0.4, 0.5) is 11.4 Å². The second-order valence-electron chi connectivity index (χ2n) is 5.71. The molecule has 1 aliphatic heterocycles. The first-order chi connectivity index (χ1) is 12.1. The Kier molecular flexibility index (Phi) is 5.00. The molecule has 3 rings (SSSR count). The largest absolute Gasteiger partial charge is 0.472 e. The van der Waals surface area contributed by atoms with E-state index in [1.54, 1.807) is 18.2 Å². The Hall–Kier alpha value is -2.85. The van der Waals surface area contributed by atoms with Crippen molar-refractivity contribution in [1.82, 2.24) is 4.98 Å². The van der Waals surface area contributed by atoms with E-state index in [0.717, 1.165) is 19.4 Å². The van der Waals surface area contributed by atoms with Crippen LogP contribution in [0.25, 0.3) is 0 Å². The maximum absolute atomic E-state index is 10.9. The molecule has 0 radical (unpaired) electrons. The first-order valence-corrected chi connectivity index (χ1v) is 8.16. The summed E-state index contributed by atoms with van der Waals surface area (Å²) in [5, 5.41) is 20.8. The lowest BCUT2D eigenvalue weighted by Gasteiger charge is -2.34. The minimum Gasteiger partial charge on any atom is -0.472 e. The number of nitriles is 1. The molecule has 1 unspecified atom stereocenters. The molecule has 128 valence electrons. The zero-order chi connectivity index (χ0) is 17.8. The summed E-state index contributed by atoms with van der Waals surface area (Å²) in [4.78, 5) is 16.5. The zero-order valence-corrected chi connectivity index (χ0v) is 14.0. The lowest BCUT2D eigenvalue weighted by molar-refractivity contribution is -0.384. The van der Waals surface area contributed by atoms with Gasteiger partial charge in [0.1, 0.15) is 12.2 Å². The van der Waals surface area contributed by atoms with Gasteiger partial charge >= 0.3 is 0 Å². The Morgan fingerprint density at radius 1 is 1.40 bits per heavy atom. The highest BCUT2D eigenvalue weighted by Gasteiger charge is 2.24. The Morgan fingerprint density at radius 3 is 2.92 bits per heavy atom. The first kappa shape index (κ1) is 17.0. The van der Waals surface area contributed by atoms with Crippen molar-refractivity contribution < 1.29 is 9.66 Å². The van der Waals surface area contributed by atoms with Crippen molar-refractivity contribution in [2.45, 2.75) is 18.9 Å². The second kappa shape index (κ2) is 7.36. The number of nitro benzene ring substituents is 1. The SMILES string of the molecule is N#Cc1cc([N+](=O)[O-])ccc1N1CCCC(Oc2ccc(Cl)cn2)C1. The first-order valence-electron chi connectivity index (χ1n) is 7.78. The number of aromatic nitrogens is 1. The minimum absolute atomic E-state index is 0.0795.